The molecule has 116 valence electrons. The average molecular weight is 295 g/mol. The van der Waals surface area contributed by atoms with Gasteiger partial charge in [-0.3, -0.25) is 0 Å². The molecular weight excluding hydrogens is 274 g/mol. The van der Waals surface area contributed by atoms with Crippen LogP contribution in [0.4, 0.5) is 0 Å². The summed E-state index contributed by atoms with van der Waals surface area (Å²) in [5.41, 5.74) is 4.30. The zero-order chi connectivity index (χ0) is 15.9. The highest BCUT2D eigenvalue weighted by Gasteiger charge is 2.44. The highest BCUT2D eigenvalue weighted by Crippen LogP contribution is 2.17. The van der Waals surface area contributed by atoms with E-state index in [4.69, 9.17) is 15.2 Å². The third-order valence-electron chi connectivity index (χ3n) is 3.12. The van der Waals surface area contributed by atoms with Crippen molar-refractivity contribution in [2.45, 2.75) is 31.7 Å². The number of unbranched alkanes of at least 4 members (excludes halogenated alkanes) is 1. The lowest BCUT2D eigenvalue weighted by molar-refractivity contribution is -0.161. The first kappa shape index (κ1) is 17.0. The van der Waals surface area contributed by atoms with Crippen molar-refractivity contribution < 1.29 is 24.2 Å². The molecule has 0 fully saturated rings. The lowest BCUT2D eigenvalue weighted by atomic mass is 9.92. The molecule has 0 saturated carbocycles. The van der Waals surface area contributed by atoms with Gasteiger partial charge in [-0.25, -0.2) is 9.59 Å². The predicted octanol–water partition coefficient (Wildman–Crippen LogP) is 1.36. The minimum atomic E-state index is -2.08. The van der Waals surface area contributed by atoms with E-state index >= 15 is 0 Å². The van der Waals surface area contributed by atoms with Crippen LogP contribution in [0.3, 0.4) is 0 Å². The van der Waals surface area contributed by atoms with Gasteiger partial charge in [-0.2, -0.15) is 0 Å². The summed E-state index contributed by atoms with van der Waals surface area (Å²) in [5, 5.41) is 9.27. The Morgan fingerprint density at radius 1 is 1.29 bits per heavy atom. The molecule has 1 rings (SSSR count). The van der Waals surface area contributed by atoms with Crippen LogP contribution < -0.4 is 10.5 Å². The van der Waals surface area contributed by atoms with Crippen LogP contribution in [0.15, 0.2) is 24.3 Å². The topological polar surface area (TPSA) is 98.9 Å². The van der Waals surface area contributed by atoms with Crippen LogP contribution in [0, 0.1) is 0 Å². The molecule has 0 spiro atoms. The second kappa shape index (κ2) is 7.64. The molecule has 0 radical (unpaired) electrons. The van der Waals surface area contributed by atoms with Gasteiger partial charge in [-0.1, -0.05) is 25.5 Å². The normalized spacial score (nSPS) is 13.3. The van der Waals surface area contributed by atoms with E-state index in [1.54, 1.807) is 24.3 Å². The van der Waals surface area contributed by atoms with Crippen LogP contribution in [0.25, 0.3) is 0 Å². The number of carboxylic acids is 1. The lowest BCUT2D eigenvalue weighted by Gasteiger charge is -2.22. The van der Waals surface area contributed by atoms with Gasteiger partial charge in [0.2, 0.25) is 5.54 Å². The number of ether oxygens (including phenoxy) is 2. The predicted molar refractivity (Wildman–Crippen MR) is 77.1 cm³/mol. The number of methoxy groups -OCH3 is 1. The Hall–Kier alpha value is -2.08. The Bertz CT molecular complexity index is 485. The molecule has 0 aliphatic carbocycles. The van der Waals surface area contributed by atoms with Gasteiger partial charge in [0.15, 0.2) is 0 Å². The summed E-state index contributed by atoms with van der Waals surface area (Å²) in [6.45, 7) is 2.11. The number of benzene rings is 1. The van der Waals surface area contributed by atoms with Gasteiger partial charge < -0.3 is 20.3 Å². The molecule has 6 nitrogen and oxygen atoms in total. The van der Waals surface area contributed by atoms with E-state index in [1.807, 2.05) is 6.92 Å². The van der Waals surface area contributed by atoms with E-state index in [2.05, 4.69) is 0 Å². The van der Waals surface area contributed by atoms with Crippen molar-refractivity contribution in [2.75, 3.05) is 13.7 Å². The van der Waals surface area contributed by atoms with Crippen molar-refractivity contribution in [3.05, 3.63) is 29.8 Å². The van der Waals surface area contributed by atoms with Crippen molar-refractivity contribution in [3.8, 4) is 5.75 Å². The molecule has 6 heteroatoms. The van der Waals surface area contributed by atoms with E-state index < -0.39 is 17.5 Å². The van der Waals surface area contributed by atoms with Gasteiger partial charge in [0, 0.05) is 6.42 Å². The van der Waals surface area contributed by atoms with Gasteiger partial charge in [0.1, 0.15) is 5.75 Å². The second-order valence-electron chi connectivity index (χ2n) is 4.79. The van der Waals surface area contributed by atoms with Crippen molar-refractivity contribution in [1.82, 2.24) is 0 Å². The highest BCUT2D eigenvalue weighted by molar-refractivity contribution is 6.04. The number of hydrogen-bond donors (Lipinski definition) is 2. The van der Waals surface area contributed by atoms with Crippen LogP contribution in [0.2, 0.25) is 0 Å². The van der Waals surface area contributed by atoms with Crippen molar-refractivity contribution in [3.63, 3.8) is 0 Å². The maximum Gasteiger partial charge on any atom is 0.338 e. The van der Waals surface area contributed by atoms with Crippen LogP contribution in [-0.4, -0.2) is 36.3 Å². The van der Waals surface area contributed by atoms with Crippen LogP contribution in [0.5, 0.6) is 5.75 Å². The largest absolute Gasteiger partial charge is 0.497 e. The number of carbonyl (C=O) groups is 2. The summed E-state index contributed by atoms with van der Waals surface area (Å²) in [6, 6.07) is 6.70. The first-order chi connectivity index (χ1) is 9.93. The quantitative estimate of drug-likeness (QED) is 0.427. The standard InChI is InChI=1S/C15H21NO5/c1-3-4-9-21-14(19)15(16,13(17)18)10-11-5-7-12(20-2)8-6-11/h5-8H,3-4,9-10,16H2,1-2H3,(H,17,18)/t15-/m1/s1. The van der Waals surface area contributed by atoms with Crippen LogP contribution >= 0.6 is 0 Å². The molecule has 0 heterocycles. The van der Waals surface area contributed by atoms with Crippen LogP contribution in [0.1, 0.15) is 25.3 Å². The van der Waals surface area contributed by atoms with Gasteiger partial charge >= 0.3 is 11.9 Å². The average Bonchev–Trinajstić information content (AvgIpc) is 2.47. The molecule has 0 bridgehead atoms. The fourth-order valence-corrected chi connectivity index (χ4v) is 1.74. The highest BCUT2D eigenvalue weighted by atomic mass is 16.5. The summed E-state index contributed by atoms with van der Waals surface area (Å²) < 4.78 is 9.98. The Morgan fingerprint density at radius 2 is 1.90 bits per heavy atom. The number of aliphatic carboxylic acids is 1. The fourth-order valence-electron chi connectivity index (χ4n) is 1.74. The van der Waals surface area contributed by atoms with E-state index in [1.165, 1.54) is 7.11 Å². The first-order valence-electron chi connectivity index (χ1n) is 6.76. The van der Waals surface area contributed by atoms with Gasteiger partial charge in [-0.05, 0) is 24.1 Å². The van der Waals surface area contributed by atoms with Crippen molar-refractivity contribution in [2.24, 2.45) is 5.73 Å². The van der Waals surface area contributed by atoms with Gasteiger partial charge in [0.25, 0.3) is 0 Å². The minimum Gasteiger partial charge on any atom is -0.497 e. The maximum absolute atomic E-state index is 12.0. The first-order valence-corrected chi connectivity index (χ1v) is 6.76. The number of esters is 1. The van der Waals surface area contributed by atoms with Crippen LogP contribution in [-0.2, 0) is 20.7 Å². The molecule has 0 aliphatic heterocycles. The minimum absolute atomic E-state index is 0.142. The van der Waals surface area contributed by atoms with E-state index in [9.17, 15) is 14.7 Å². The zero-order valence-corrected chi connectivity index (χ0v) is 12.3. The summed E-state index contributed by atoms with van der Waals surface area (Å²) in [7, 11) is 1.53. The SMILES string of the molecule is CCCCOC(=O)[C@@](N)(Cc1ccc(OC)cc1)C(=O)O. The zero-order valence-electron chi connectivity index (χ0n) is 12.3. The molecule has 3 N–H and O–H groups in total. The summed E-state index contributed by atoms with van der Waals surface area (Å²) >= 11 is 0. The van der Waals surface area contributed by atoms with Gasteiger partial charge in [-0.15, -0.1) is 0 Å². The number of rotatable bonds is 8. The van der Waals surface area contributed by atoms with E-state index in [0.29, 0.717) is 17.7 Å². The molecule has 0 saturated heterocycles. The van der Waals surface area contributed by atoms with Crippen molar-refractivity contribution >= 4 is 11.9 Å². The number of nitrogens with two attached hydrogens (primary N) is 1. The summed E-state index contributed by atoms with van der Waals surface area (Å²) in [5.74, 6) is -1.68. The van der Waals surface area contributed by atoms with E-state index in [-0.39, 0.29) is 13.0 Å². The number of hydrogen-bond acceptors (Lipinski definition) is 5. The summed E-state index contributed by atoms with van der Waals surface area (Å²) in [4.78, 5) is 23.3. The lowest BCUT2D eigenvalue weighted by Crippen LogP contribution is -2.57. The molecular formula is C15H21NO5. The molecule has 0 amide bonds. The third-order valence-corrected chi connectivity index (χ3v) is 3.12. The second-order valence-corrected chi connectivity index (χ2v) is 4.79. The Balaban J connectivity index is 2.83. The maximum atomic E-state index is 12.0. The Kier molecular flexibility index (Phi) is 6.17. The Labute approximate surface area is 123 Å². The molecule has 0 aliphatic rings. The summed E-state index contributed by atoms with van der Waals surface area (Å²) in [6.07, 6.45) is 1.37. The number of carboxylic acid groups (broad SMARTS) is 1. The van der Waals surface area contributed by atoms with Crippen molar-refractivity contribution in [1.29, 1.82) is 0 Å². The molecule has 0 aromatic heterocycles. The molecule has 1 aromatic carbocycles. The van der Waals surface area contributed by atoms with Gasteiger partial charge in [0.05, 0.1) is 13.7 Å². The molecule has 1 aromatic rings. The molecule has 1 atom stereocenters. The number of carbonyl (C=O) groups excluding carboxylic acids is 1. The molecule has 21 heavy (non-hydrogen) atoms. The monoisotopic (exact) mass is 295 g/mol. The van der Waals surface area contributed by atoms with E-state index in [0.717, 1.165) is 6.42 Å². The molecule has 0 unspecified atom stereocenters. The third kappa shape index (κ3) is 4.46. The Morgan fingerprint density at radius 3 is 2.38 bits per heavy atom. The smallest absolute Gasteiger partial charge is 0.338 e. The fraction of sp³-hybridized carbons (Fsp3) is 0.467.